The summed E-state index contributed by atoms with van der Waals surface area (Å²) >= 11 is 0. The molecule has 0 bridgehead atoms. The van der Waals surface area contributed by atoms with E-state index < -0.39 is 10.2 Å². The first-order valence-electron chi connectivity index (χ1n) is 7.41. The largest absolute Gasteiger partial charge is 0.317 e. The third kappa shape index (κ3) is 6.03. The van der Waals surface area contributed by atoms with Crippen LogP contribution in [0.25, 0.3) is 0 Å². The lowest BCUT2D eigenvalue weighted by Gasteiger charge is -2.18. The highest BCUT2D eigenvalue weighted by molar-refractivity contribution is 7.90. The van der Waals surface area contributed by atoms with Crippen LogP contribution in [-0.4, -0.2) is 39.4 Å². The van der Waals surface area contributed by atoms with Crippen molar-refractivity contribution in [3.8, 4) is 0 Å². The summed E-state index contributed by atoms with van der Waals surface area (Å²) < 4.78 is 28.3. The average Bonchev–Trinajstić information content (AvgIpc) is 2.43. The van der Waals surface area contributed by atoms with Gasteiger partial charge in [0.1, 0.15) is 0 Å². The minimum Gasteiger partial charge on any atom is -0.317 e. The van der Waals surface area contributed by atoms with Crippen LogP contribution >= 0.6 is 0 Å². The molecule has 0 radical (unpaired) electrons. The van der Waals surface area contributed by atoms with E-state index in [2.05, 4.69) is 23.9 Å². The van der Waals surface area contributed by atoms with E-state index in [4.69, 9.17) is 0 Å². The lowest BCUT2D eigenvalue weighted by molar-refractivity contribution is 0.459. The monoisotopic (exact) mass is 313 g/mol. The molecule has 21 heavy (non-hydrogen) atoms. The number of rotatable bonds is 9. The first kappa shape index (κ1) is 17.9. The molecule has 0 saturated heterocycles. The predicted octanol–water partition coefficient (Wildman–Crippen LogP) is 2.40. The van der Waals surface area contributed by atoms with Gasteiger partial charge in [-0.3, -0.25) is 4.72 Å². The molecule has 0 unspecified atom stereocenters. The molecule has 6 heteroatoms. The van der Waals surface area contributed by atoms with Crippen LogP contribution < -0.4 is 10.0 Å². The Morgan fingerprint density at radius 2 is 1.81 bits per heavy atom. The molecule has 1 aromatic carbocycles. The maximum absolute atomic E-state index is 12.2. The lowest BCUT2D eigenvalue weighted by Crippen LogP contribution is -2.34. The molecule has 1 aromatic rings. The second kappa shape index (κ2) is 8.36. The third-order valence-corrected chi connectivity index (χ3v) is 4.81. The summed E-state index contributed by atoms with van der Waals surface area (Å²) in [5, 5.41) is 3.18. The predicted molar refractivity (Wildman–Crippen MR) is 88.9 cm³/mol. The molecule has 0 heterocycles. The van der Waals surface area contributed by atoms with Gasteiger partial charge in [0.05, 0.1) is 0 Å². The Bertz CT molecular complexity index is 512. The molecular formula is C15H27N3O2S. The Labute approximate surface area is 128 Å². The van der Waals surface area contributed by atoms with Crippen LogP contribution in [0.5, 0.6) is 0 Å². The highest BCUT2D eigenvalue weighted by atomic mass is 32.2. The highest BCUT2D eigenvalue weighted by Gasteiger charge is 2.16. The minimum absolute atomic E-state index is 0.435. The van der Waals surface area contributed by atoms with Gasteiger partial charge >= 0.3 is 10.2 Å². The zero-order valence-corrected chi connectivity index (χ0v) is 14.2. The molecule has 0 aromatic heterocycles. The zero-order chi connectivity index (χ0) is 15.9. The first-order valence-corrected chi connectivity index (χ1v) is 8.85. The molecule has 0 spiro atoms. The van der Waals surface area contributed by atoms with Crippen molar-refractivity contribution in [1.82, 2.24) is 9.62 Å². The van der Waals surface area contributed by atoms with Gasteiger partial charge < -0.3 is 5.32 Å². The number of benzene rings is 1. The summed E-state index contributed by atoms with van der Waals surface area (Å²) in [5.41, 5.74) is 1.79. The van der Waals surface area contributed by atoms with Gasteiger partial charge in [-0.25, -0.2) is 0 Å². The first-order chi connectivity index (χ1) is 9.86. The van der Waals surface area contributed by atoms with Gasteiger partial charge in [0.15, 0.2) is 0 Å². The lowest BCUT2D eigenvalue weighted by atomic mass is 10.0. The normalized spacial score (nSPS) is 12.1. The fraction of sp³-hybridized carbons (Fsp3) is 0.600. The van der Waals surface area contributed by atoms with Crippen molar-refractivity contribution < 1.29 is 8.42 Å². The fourth-order valence-corrected chi connectivity index (χ4v) is 2.85. The average molecular weight is 313 g/mol. The van der Waals surface area contributed by atoms with Crippen LogP contribution in [0.1, 0.15) is 38.7 Å². The van der Waals surface area contributed by atoms with Crippen LogP contribution in [0, 0.1) is 0 Å². The Morgan fingerprint density at radius 1 is 1.19 bits per heavy atom. The molecule has 1 rings (SSSR count). The van der Waals surface area contributed by atoms with E-state index in [9.17, 15) is 8.42 Å². The second-order valence-corrected chi connectivity index (χ2v) is 7.19. The fourth-order valence-electron chi connectivity index (χ4n) is 1.89. The van der Waals surface area contributed by atoms with Crippen molar-refractivity contribution in [2.45, 2.75) is 33.1 Å². The molecule has 2 N–H and O–H groups in total. The third-order valence-electron chi connectivity index (χ3n) is 3.31. The molecule has 0 atom stereocenters. The summed E-state index contributed by atoms with van der Waals surface area (Å²) in [5.74, 6) is 0.435. The second-order valence-electron chi connectivity index (χ2n) is 5.41. The smallest absolute Gasteiger partial charge is 0.301 e. The van der Waals surface area contributed by atoms with Crippen molar-refractivity contribution in [3.63, 3.8) is 0 Å². The van der Waals surface area contributed by atoms with Gasteiger partial charge in [0.2, 0.25) is 0 Å². The summed E-state index contributed by atoms with van der Waals surface area (Å²) in [6.45, 7) is 8.46. The Balaban J connectivity index is 2.58. The molecular weight excluding hydrogens is 286 g/mol. The van der Waals surface area contributed by atoms with Crippen molar-refractivity contribution in [2.24, 2.45) is 0 Å². The van der Waals surface area contributed by atoms with E-state index >= 15 is 0 Å². The zero-order valence-electron chi connectivity index (χ0n) is 13.4. The van der Waals surface area contributed by atoms with Gasteiger partial charge in [-0.1, -0.05) is 32.9 Å². The molecule has 0 fully saturated rings. The summed E-state index contributed by atoms with van der Waals surface area (Å²) in [6.07, 6.45) is 0.789. The molecule has 0 aliphatic rings. The van der Waals surface area contributed by atoms with Crippen LogP contribution in [-0.2, 0) is 10.2 Å². The van der Waals surface area contributed by atoms with E-state index in [0.29, 0.717) is 18.2 Å². The van der Waals surface area contributed by atoms with Crippen molar-refractivity contribution in [2.75, 3.05) is 31.4 Å². The van der Waals surface area contributed by atoms with Crippen LogP contribution in [0.4, 0.5) is 5.69 Å². The summed E-state index contributed by atoms with van der Waals surface area (Å²) in [7, 11) is -1.88. The van der Waals surface area contributed by atoms with E-state index in [1.807, 2.05) is 19.1 Å². The van der Waals surface area contributed by atoms with Gasteiger partial charge in [-0.15, -0.1) is 0 Å². The van der Waals surface area contributed by atoms with Gasteiger partial charge in [0.25, 0.3) is 0 Å². The number of nitrogens with zero attached hydrogens (tertiary/aromatic N) is 1. The van der Waals surface area contributed by atoms with Crippen molar-refractivity contribution in [3.05, 3.63) is 29.8 Å². The van der Waals surface area contributed by atoms with E-state index in [0.717, 1.165) is 19.5 Å². The highest BCUT2D eigenvalue weighted by Crippen LogP contribution is 2.18. The number of nitrogens with one attached hydrogen (secondary N) is 2. The van der Waals surface area contributed by atoms with Crippen molar-refractivity contribution in [1.29, 1.82) is 0 Å². The van der Waals surface area contributed by atoms with Crippen LogP contribution in [0.2, 0.25) is 0 Å². The number of anilines is 1. The van der Waals surface area contributed by atoms with E-state index in [1.54, 1.807) is 19.2 Å². The number of hydrogen-bond donors (Lipinski definition) is 2. The Kier molecular flexibility index (Phi) is 7.14. The summed E-state index contributed by atoms with van der Waals surface area (Å²) in [4.78, 5) is 0. The maximum Gasteiger partial charge on any atom is 0.301 e. The number of hydrogen-bond acceptors (Lipinski definition) is 3. The van der Waals surface area contributed by atoms with E-state index in [-0.39, 0.29) is 0 Å². The molecule has 5 nitrogen and oxygen atoms in total. The van der Waals surface area contributed by atoms with Gasteiger partial charge in [0, 0.05) is 19.3 Å². The van der Waals surface area contributed by atoms with Gasteiger partial charge in [-0.05, 0) is 43.1 Å². The van der Waals surface area contributed by atoms with Crippen LogP contribution in [0.3, 0.4) is 0 Å². The topological polar surface area (TPSA) is 61.4 Å². The Morgan fingerprint density at radius 3 is 2.33 bits per heavy atom. The molecule has 0 aliphatic carbocycles. The maximum atomic E-state index is 12.2. The van der Waals surface area contributed by atoms with Crippen molar-refractivity contribution >= 4 is 15.9 Å². The summed E-state index contributed by atoms with van der Waals surface area (Å²) in [6, 6.07) is 7.51. The standard InChI is InChI=1S/C15H27N3O2S/c1-5-16-11-6-12-18(4)21(19,20)17-15-9-7-14(8-10-15)13(2)3/h7-10,13,16-17H,5-6,11-12H2,1-4H3. The van der Waals surface area contributed by atoms with Gasteiger partial charge in [-0.2, -0.15) is 12.7 Å². The molecule has 0 amide bonds. The SMILES string of the molecule is CCNCCCN(C)S(=O)(=O)Nc1ccc(C(C)C)cc1. The van der Waals surface area contributed by atoms with E-state index in [1.165, 1.54) is 9.87 Å². The minimum atomic E-state index is -3.48. The molecule has 120 valence electrons. The molecule has 0 saturated carbocycles. The van der Waals surface area contributed by atoms with Crippen LogP contribution in [0.15, 0.2) is 24.3 Å². The molecule has 0 aliphatic heterocycles. The quantitative estimate of drug-likeness (QED) is 0.688. The Hall–Kier alpha value is -1.11.